The summed E-state index contributed by atoms with van der Waals surface area (Å²) in [6.45, 7) is 2.04. The third-order valence-corrected chi connectivity index (χ3v) is 3.74. The molecule has 0 bridgehead atoms. The first-order chi connectivity index (χ1) is 11.5. The van der Waals surface area contributed by atoms with Gasteiger partial charge in [-0.15, -0.1) is 0 Å². The van der Waals surface area contributed by atoms with Gasteiger partial charge in [0.05, 0.1) is 24.3 Å². The van der Waals surface area contributed by atoms with Crippen LogP contribution in [-0.4, -0.2) is 49.6 Å². The molecule has 0 aliphatic carbocycles. The molecule has 2 rings (SSSR count). The summed E-state index contributed by atoms with van der Waals surface area (Å²) in [5.41, 5.74) is 0.126. The van der Waals surface area contributed by atoms with E-state index in [4.69, 9.17) is 25.8 Å². The second-order valence-corrected chi connectivity index (χ2v) is 5.45. The van der Waals surface area contributed by atoms with Crippen molar-refractivity contribution in [2.24, 2.45) is 0 Å². The highest BCUT2D eigenvalue weighted by molar-refractivity contribution is 6.32. The zero-order chi connectivity index (χ0) is 17.7. The number of amides is 2. The number of nitrogens with zero attached hydrogens (tertiary/aromatic N) is 1. The summed E-state index contributed by atoms with van der Waals surface area (Å²) in [5.74, 6) is -0.899. The third-order valence-electron chi connectivity index (χ3n) is 3.46. The monoisotopic (exact) mass is 355 g/mol. The van der Waals surface area contributed by atoms with E-state index in [0.29, 0.717) is 31.7 Å². The first-order valence-electron chi connectivity index (χ1n) is 7.48. The minimum Gasteiger partial charge on any atom is -0.493 e. The minimum atomic E-state index is -0.738. The van der Waals surface area contributed by atoms with Crippen molar-refractivity contribution in [1.82, 2.24) is 4.90 Å². The van der Waals surface area contributed by atoms with E-state index in [1.807, 2.05) is 0 Å². The maximum Gasteiger partial charge on any atom is 0.338 e. The molecule has 1 saturated heterocycles. The van der Waals surface area contributed by atoms with Gasteiger partial charge in [0.15, 0.2) is 18.1 Å². The smallest absolute Gasteiger partial charge is 0.338 e. The number of likely N-dealkylation sites (tertiary alicyclic amines) is 1. The highest BCUT2D eigenvalue weighted by Gasteiger charge is 2.27. The fourth-order valence-electron chi connectivity index (χ4n) is 2.32. The van der Waals surface area contributed by atoms with E-state index in [2.05, 4.69) is 0 Å². The van der Waals surface area contributed by atoms with E-state index in [1.54, 1.807) is 6.92 Å². The number of carbonyl (C=O) groups excluding carboxylic acids is 3. The molecule has 0 N–H and O–H groups in total. The molecule has 7 nitrogen and oxygen atoms in total. The van der Waals surface area contributed by atoms with E-state index in [1.165, 1.54) is 19.2 Å². The van der Waals surface area contributed by atoms with E-state index in [0.717, 1.165) is 4.90 Å². The number of rotatable bonds is 6. The Hall–Kier alpha value is -2.28. The number of imide groups is 1. The number of carbonyl (C=O) groups is 3. The Bertz CT molecular complexity index is 660. The van der Waals surface area contributed by atoms with Crippen LogP contribution in [0.3, 0.4) is 0 Å². The summed E-state index contributed by atoms with van der Waals surface area (Å²) < 4.78 is 15.5. The molecule has 1 aromatic rings. The summed E-state index contributed by atoms with van der Waals surface area (Å²) in [6, 6.07) is 2.80. The fourth-order valence-corrected chi connectivity index (χ4v) is 2.59. The number of benzene rings is 1. The van der Waals surface area contributed by atoms with Gasteiger partial charge in [-0.3, -0.25) is 14.5 Å². The van der Waals surface area contributed by atoms with Crippen LogP contribution in [0.4, 0.5) is 0 Å². The van der Waals surface area contributed by atoms with Crippen molar-refractivity contribution in [3.8, 4) is 11.5 Å². The second-order valence-electron chi connectivity index (χ2n) is 5.04. The van der Waals surface area contributed by atoms with Crippen LogP contribution in [0.15, 0.2) is 12.1 Å². The minimum absolute atomic E-state index is 0.126. The lowest BCUT2D eigenvalue weighted by Gasteiger charge is -2.14. The predicted molar refractivity (Wildman–Crippen MR) is 85.4 cm³/mol. The molecule has 0 saturated carbocycles. The van der Waals surface area contributed by atoms with Crippen molar-refractivity contribution >= 4 is 29.4 Å². The summed E-state index contributed by atoms with van der Waals surface area (Å²) in [4.78, 5) is 36.6. The Morgan fingerprint density at radius 3 is 2.67 bits per heavy atom. The molecular formula is C16H18ClNO6. The van der Waals surface area contributed by atoms with Gasteiger partial charge < -0.3 is 14.2 Å². The molecule has 24 heavy (non-hydrogen) atoms. The third kappa shape index (κ3) is 3.97. The van der Waals surface area contributed by atoms with Crippen LogP contribution in [0, 0.1) is 0 Å². The van der Waals surface area contributed by atoms with Gasteiger partial charge in [-0.25, -0.2) is 4.79 Å². The molecule has 1 heterocycles. The number of hydrogen-bond acceptors (Lipinski definition) is 6. The van der Waals surface area contributed by atoms with Crippen LogP contribution in [0.5, 0.6) is 11.5 Å². The topological polar surface area (TPSA) is 82.1 Å². The van der Waals surface area contributed by atoms with Gasteiger partial charge in [0.1, 0.15) is 0 Å². The van der Waals surface area contributed by atoms with Crippen LogP contribution < -0.4 is 9.47 Å². The molecule has 0 unspecified atom stereocenters. The SMILES string of the molecule is CCOc1c(Cl)cc(C(=O)OCC(=O)N2CCCC2=O)cc1OC. The zero-order valence-corrected chi connectivity index (χ0v) is 14.2. The quantitative estimate of drug-likeness (QED) is 0.726. The molecule has 8 heteroatoms. The Morgan fingerprint density at radius 1 is 1.33 bits per heavy atom. The van der Waals surface area contributed by atoms with Gasteiger partial charge in [0.25, 0.3) is 5.91 Å². The molecule has 0 radical (unpaired) electrons. The first-order valence-corrected chi connectivity index (χ1v) is 7.86. The van der Waals surface area contributed by atoms with Crippen molar-refractivity contribution in [3.63, 3.8) is 0 Å². The molecule has 130 valence electrons. The first kappa shape index (κ1) is 18.1. The van der Waals surface area contributed by atoms with E-state index in [-0.39, 0.29) is 22.2 Å². The lowest BCUT2D eigenvalue weighted by molar-refractivity contribution is -0.143. The number of halogens is 1. The summed E-state index contributed by atoms with van der Waals surface area (Å²) in [7, 11) is 1.42. The van der Waals surface area contributed by atoms with Gasteiger partial charge in [-0.05, 0) is 25.5 Å². The van der Waals surface area contributed by atoms with Crippen LogP contribution in [0.1, 0.15) is 30.1 Å². The lowest BCUT2D eigenvalue weighted by Crippen LogP contribution is -2.35. The number of methoxy groups -OCH3 is 1. The van der Waals surface area contributed by atoms with E-state index < -0.39 is 18.5 Å². The van der Waals surface area contributed by atoms with Gasteiger partial charge >= 0.3 is 5.97 Å². The summed E-state index contributed by atoms with van der Waals surface area (Å²) in [6.07, 6.45) is 0.968. The van der Waals surface area contributed by atoms with Crippen molar-refractivity contribution in [2.45, 2.75) is 19.8 Å². The molecule has 1 aromatic carbocycles. The van der Waals surface area contributed by atoms with Gasteiger partial charge in [0.2, 0.25) is 5.91 Å². The predicted octanol–water partition coefficient (Wildman–Crippen LogP) is 2.05. The second kappa shape index (κ2) is 8.01. The Kier molecular flexibility index (Phi) is 6.03. The van der Waals surface area contributed by atoms with Gasteiger partial charge in [-0.1, -0.05) is 11.6 Å². The van der Waals surface area contributed by atoms with Crippen LogP contribution >= 0.6 is 11.6 Å². The van der Waals surface area contributed by atoms with E-state index >= 15 is 0 Å². The molecule has 2 amide bonds. The normalized spacial score (nSPS) is 13.8. The number of ether oxygens (including phenoxy) is 3. The van der Waals surface area contributed by atoms with Crippen molar-refractivity contribution in [1.29, 1.82) is 0 Å². The van der Waals surface area contributed by atoms with Crippen molar-refractivity contribution in [2.75, 3.05) is 26.9 Å². The highest BCUT2D eigenvalue weighted by atomic mass is 35.5. The van der Waals surface area contributed by atoms with E-state index in [9.17, 15) is 14.4 Å². The standard InChI is InChI=1S/C16H18ClNO6/c1-3-23-15-11(17)7-10(8-12(15)22-2)16(21)24-9-14(20)18-6-4-5-13(18)19/h7-8H,3-6,9H2,1-2H3. The molecule has 0 aromatic heterocycles. The zero-order valence-electron chi connectivity index (χ0n) is 13.5. The molecule has 1 aliphatic heterocycles. The van der Waals surface area contributed by atoms with Crippen LogP contribution in [0.2, 0.25) is 5.02 Å². The van der Waals surface area contributed by atoms with Gasteiger partial charge in [0, 0.05) is 13.0 Å². The lowest BCUT2D eigenvalue weighted by atomic mass is 10.2. The highest BCUT2D eigenvalue weighted by Crippen LogP contribution is 2.36. The number of esters is 1. The molecule has 1 fully saturated rings. The Morgan fingerprint density at radius 2 is 2.08 bits per heavy atom. The molecule has 1 aliphatic rings. The maximum absolute atomic E-state index is 12.1. The van der Waals surface area contributed by atoms with Crippen LogP contribution in [-0.2, 0) is 14.3 Å². The van der Waals surface area contributed by atoms with Crippen molar-refractivity contribution in [3.05, 3.63) is 22.7 Å². The largest absolute Gasteiger partial charge is 0.493 e. The molecule has 0 atom stereocenters. The average molecular weight is 356 g/mol. The summed E-state index contributed by atoms with van der Waals surface area (Å²) in [5, 5.41) is 0.198. The number of hydrogen-bond donors (Lipinski definition) is 0. The average Bonchev–Trinajstić information content (AvgIpc) is 3.00. The van der Waals surface area contributed by atoms with Crippen LogP contribution in [0.25, 0.3) is 0 Å². The summed E-state index contributed by atoms with van der Waals surface area (Å²) >= 11 is 6.09. The Balaban J connectivity index is 2.05. The van der Waals surface area contributed by atoms with Crippen molar-refractivity contribution < 1.29 is 28.6 Å². The fraction of sp³-hybridized carbons (Fsp3) is 0.438. The molecular weight excluding hydrogens is 338 g/mol. The molecule has 0 spiro atoms. The maximum atomic E-state index is 12.1. The Labute approximate surface area is 144 Å². The van der Waals surface area contributed by atoms with Gasteiger partial charge in [-0.2, -0.15) is 0 Å².